The van der Waals surface area contributed by atoms with Crippen LogP contribution >= 0.6 is 12.2 Å². The van der Waals surface area contributed by atoms with Crippen LogP contribution in [-0.4, -0.2) is 58.7 Å². The second-order valence-electron chi connectivity index (χ2n) is 7.65. The first-order valence-electron chi connectivity index (χ1n) is 9.41. The molecule has 1 aliphatic heterocycles. The molecule has 3 fully saturated rings. The molecule has 1 N–H and O–H groups in total. The van der Waals surface area contributed by atoms with Crippen LogP contribution < -0.4 is 0 Å². The molecule has 0 aromatic carbocycles. The van der Waals surface area contributed by atoms with Crippen molar-refractivity contribution in [1.29, 1.82) is 0 Å². The van der Waals surface area contributed by atoms with Crippen molar-refractivity contribution >= 4 is 17.2 Å². The number of rotatable bonds is 3. The van der Waals surface area contributed by atoms with Crippen molar-refractivity contribution in [3.05, 3.63) is 0 Å². The van der Waals surface area contributed by atoms with E-state index in [9.17, 15) is 5.11 Å². The Bertz CT molecular complexity index is 362. The zero-order chi connectivity index (χ0) is 15.4. The molecule has 0 bridgehead atoms. The van der Waals surface area contributed by atoms with Crippen molar-refractivity contribution in [2.24, 2.45) is 11.8 Å². The minimum atomic E-state index is -0.121. The molecular formula is C18H32N2OS. The van der Waals surface area contributed by atoms with Gasteiger partial charge in [0.1, 0.15) is 0 Å². The van der Waals surface area contributed by atoms with Gasteiger partial charge in [0.2, 0.25) is 0 Å². The van der Waals surface area contributed by atoms with Crippen LogP contribution in [0.25, 0.3) is 0 Å². The van der Waals surface area contributed by atoms with Crippen molar-refractivity contribution in [3.63, 3.8) is 0 Å². The highest BCUT2D eigenvalue weighted by Gasteiger charge is 2.29. The van der Waals surface area contributed by atoms with Gasteiger partial charge in [-0.1, -0.05) is 37.9 Å². The van der Waals surface area contributed by atoms with Gasteiger partial charge in [0.05, 0.1) is 11.1 Å². The van der Waals surface area contributed by atoms with Gasteiger partial charge in [0, 0.05) is 38.6 Å². The van der Waals surface area contributed by atoms with Gasteiger partial charge in [-0.25, -0.2) is 0 Å². The minimum Gasteiger partial charge on any atom is -0.393 e. The number of piperazine rings is 1. The fourth-order valence-corrected chi connectivity index (χ4v) is 4.93. The average molecular weight is 325 g/mol. The molecule has 2 atom stereocenters. The normalized spacial score (nSPS) is 32.1. The van der Waals surface area contributed by atoms with Gasteiger partial charge in [-0.3, -0.25) is 4.90 Å². The molecule has 0 aromatic rings. The maximum Gasteiger partial charge on any atom is 0.0812 e. The molecule has 2 saturated carbocycles. The Hall–Kier alpha value is -0.190. The second-order valence-corrected chi connectivity index (χ2v) is 8.07. The van der Waals surface area contributed by atoms with Gasteiger partial charge < -0.3 is 10.0 Å². The number of nitrogens with zero attached hydrogens (tertiary/aromatic N) is 2. The predicted octanol–water partition coefficient (Wildman–Crippen LogP) is 3.06. The molecule has 0 spiro atoms. The molecule has 2 aliphatic carbocycles. The lowest BCUT2D eigenvalue weighted by molar-refractivity contribution is 0.109. The van der Waals surface area contributed by atoms with Gasteiger partial charge in [-0.05, 0) is 38.0 Å². The van der Waals surface area contributed by atoms with Crippen LogP contribution in [0.3, 0.4) is 0 Å². The molecule has 0 amide bonds. The third kappa shape index (κ3) is 4.42. The summed E-state index contributed by atoms with van der Waals surface area (Å²) in [6, 6.07) is 0. The van der Waals surface area contributed by atoms with Crippen LogP contribution in [-0.2, 0) is 0 Å². The highest BCUT2D eigenvalue weighted by molar-refractivity contribution is 7.80. The first kappa shape index (κ1) is 16.7. The SMILES string of the molecule is OC1CCCC(C(=S)N2CCN(CC3CCCCC3)CC2)C1. The third-order valence-corrected chi connectivity index (χ3v) is 6.51. The van der Waals surface area contributed by atoms with Crippen molar-refractivity contribution in [2.45, 2.75) is 63.9 Å². The highest BCUT2D eigenvalue weighted by Crippen LogP contribution is 2.28. The lowest BCUT2D eigenvalue weighted by atomic mass is 9.86. The van der Waals surface area contributed by atoms with E-state index in [1.807, 2.05) is 0 Å². The topological polar surface area (TPSA) is 26.7 Å². The summed E-state index contributed by atoms with van der Waals surface area (Å²) in [4.78, 5) is 6.22. The lowest BCUT2D eigenvalue weighted by Gasteiger charge is -2.40. The van der Waals surface area contributed by atoms with E-state index in [-0.39, 0.29) is 6.10 Å². The molecule has 3 aliphatic rings. The van der Waals surface area contributed by atoms with Gasteiger partial charge in [-0.2, -0.15) is 0 Å². The average Bonchev–Trinajstić information content (AvgIpc) is 2.56. The smallest absolute Gasteiger partial charge is 0.0812 e. The van der Waals surface area contributed by atoms with Crippen LogP contribution in [0.15, 0.2) is 0 Å². The summed E-state index contributed by atoms with van der Waals surface area (Å²) < 4.78 is 0. The van der Waals surface area contributed by atoms with Crippen molar-refractivity contribution in [1.82, 2.24) is 9.80 Å². The quantitative estimate of drug-likeness (QED) is 0.807. The first-order chi connectivity index (χ1) is 10.7. The summed E-state index contributed by atoms with van der Waals surface area (Å²) in [6.07, 6.45) is 11.3. The maximum absolute atomic E-state index is 9.86. The van der Waals surface area contributed by atoms with Crippen molar-refractivity contribution < 1.29 is 5.11 Å². The highest BCUT2D eigenvalue weighted by atomic mass is 32.1. The summed E-state index contributed by atoms with van der Waals surface area (Å²) in [5, 5.41) is 9.86. The van der Waals surface area contributed by atoms with Gasteiger partial charge >= 0.3 is 0 Å². The largest absolute Gasteiger partial charge is 0.393 e. The summed E-state index contributed by atoms with van der Waals surface area (Å²) >= 11 is 5.74. The van der Waals surface area contributed by atoms with E-state index >= 15 is 0 Å². The van der Waals surface area contributed by atoms with E-state index in [0.717, 1.165) is 43.3 Å². The zero-order valence-electron chi connectivity index (χ0n) is 13.9. The second kappa shape index (κ2) is 8.07. The van der Waals surface area contributed by atoms with Crippen LogP contribution in [0.2, 0.25) is 0 Å². The summed E-state index contributed by atoms with van der Waals surface area (Å²) in [6.45, 7) is 5.84. The molecule has 3 nitrogen and oxygen atoms in total. The Labute approximate surface area is 141 Å². The lowest BCUT2D eigenvalue weighted by Crippen LogP contribution is -2.51. The molecule has 2 unspecified atom stereocenters. The van der Waals surface area contributed by atoms with Crippen LogP contribution in [0.1, 0.15) is 57.8 Å². The minimum absolute atomic E-state index is 0.121. The number of aliphatic hydroxyl groups is 1. The Morgan fingerprint density at radius 2 is 1.64 bits per heavy atom. The van der Waals surface area contributed by atoms with E-state index in [4.69, 9.17) is 12.2 Å². The van der Waals surface area contributed by atoms with Crippen LogP contribution in [0.4, 0.5) is 0 Å². The summed E-state index contributed by atoms with van der Waals surface area (Å²) in [7, 11) is 0. The zero-order valence-corrected chi connectivity index (χ0v) is 14.7. The van der Waals surface area contributed by atoms with Crippen LogP contribution in [0.5, 0.6) is 0 Å². The Balaban J connectivity index is 1.41. The number of thiocarbonyl (C=S) groups is 1. The van der Waals surface area contributed by atoms with Gasteiger partial charge in [-0.15, -0.1) is 0 Å². The number of aliphatic hydroxyl groups excluding tert-OH is 1. The maximum atomic E-state index is 9.86. The monoisotopic (exact) mass is 324 g/mol. The molecule has 0 radical (unpaired) electrons. The van der Waals surface area contributed by atoms with Gasteiger partial charge in [0.25, 0.3) is 0 Å². The van der Waals surface area contributed by atoms with E-state index < -0.39 is 0 Å². The summed E-state index contributed by atoms with van der Waals surface area (Å²) in [5.74, 6) is 1.39. The Morgan fingerprint density at radius 3 is 2.32 bits per heavy atom. The third-order valence-electron chi connectivity index (χ3n) is 5.92. The number of hydrogen-bond acceptors (Lipinski definition) is 3. The first-order valence-corrected chi connectivity index (χ1v) is 9.82. The molecular weight excluding hydrogens is 292 g/mol. The molecule has 1 heterocycles. The fraction of sp³-hybridized carbons (Fsp3) is 0.944. The number of hydrogen-bond donors (Lipinski definition) is 1. The Kier molecular flexibility index (Phi) is 6.11. The van der Waals surface area contributed by atoms with E-state index in [2.05, 4.69) is 9.80 Å². The fourth-order valence-electron chi connectivity index (χ4n) is 4.53. The molecule has 4 heteroatoms. The molecule has 0 aromatic heterocycles. The Morgan fingerprint density at radius 1 is 0.909 bits per heavy atom. The van der Waals surface area contributed by atoms with Crippen molar-refractivity contribution in [3.8, 4) is 0 Å². The van der Waals surface area contributed by atoms with E-state index in [1.54, 1.807) is 0 Å². The summed E-state index contributed by atoms with van der Waals surface area (Å²) in [5.41, 5.74) is 0. The molecule has 1 saturated heterocycles. The molecule has 3 rings (SSSR count). The van der Waals surface area contributed by atoms with E-state index in [0.29, 0.717) is 5.92 Å². The van der Waals surface area contributed by atoms with Crippen LogP contribution in [0, 0.1) is 11.8 Å². The molecule has 126 valence electrons. The van der Waals surface area contributed by atoms with Crippen molar-refractivity contribution in [2.75, 3.05) is 32.7 Å². The predicted molar refractivity (Wildman–Crippen MR) is 95.2 cm³/mol. The molecule has 22 heavy (non-hydrogen) atoms. The standard InChI is InChI=1S/C18H32N2OS/c21-17-8-4-7-16(13-17)18(22)20-11-9-19(10-12-20)14-15-5-2-1-3-6-15/h15-17,21H,1-14H2. The van der Waals surface area contributed by atoms with E-state index in [1.165, 1.54) is 58.2 Å². The van der Waals surface area contributed by atoms with Gasteiger partial charge in [0.15, 0.2) is 0 Å².